The van der Waals surface area contributed by atoms with Crippen LogP contribution in [-0.2, 0) is 0 Å². The average molecular weight is 286 g/mol. The number of ether oxygens (including phenoxy) is 1. The first kappa shape index (κ1) is 13.0. The highest BCUT2D eigenvalue weighted by Crippen LogP contribution is 2.35. The molecule has 0 heterocycles. The Kier molecular flexibility index (Phi) is 3.64. The lowest BCUT2D eigenvalue weighted by Crippen LogP contribution is -1.97. The number of benzene rings is 2. The van der Waals surface area contributed by atoms with Crippen molar-refractivity contribution < 1.29 is 9.13 Å². The molecule has 0 atom stereocenters. The van der Waals surface area contributed by atoms with Gasteiger partial charge in [-0.25, -0.2) is 4.39 Å². The van der Waals surface area contributed by atoms with Crippen LogP contribution in [-0.4, -0.2) is 7.11 Å². The maximum absolute atomic E-state index is 13.7. The van der Waals surface area contributed by atoms with Crippen molar-refractivity contribution in [3.8, 4) is 16.9 Å². The van der Waals surface area contributed by atoms with Crippen LogP contribution in [0.5, 0.6) is 5.75 Å². The minimum Gasteiger partial charge on any atom is -0.494 e. The first-order valence-corrected chi connectivity index (χ1v) is 5.87. The predicted octanol–water partition coefficient (Wildman–Crippen LogP) is 4.39. The van der Waals surface area contributed by atoms with Gasteiger partial charge < -0.3 is 10.5 Å². The molecule has 0 aliphatic heterocycles. The van der Waals surface area contributed by atoms with Crippen molar-refractivity contribution in [2.45, 2.75) is 0 Å². The molecule has 0 unspecified atom stereocenters. The number of hydrogen-bond acceptors (Lipinski definition) is 2. The van der Waals surface area contributed by atoms with E-state index in [-0.39, 0.29) is 11.4 Å². The summed E-state index contributed by atoms with van der Waals surface area (Å²) in [5.41, 5.74) is 6.71. The number of methoxy groups -OCH3 is 1. The van der Waals surface area contributed by atoms with E-state index in [1.54, 1.807) is 24.3 Å². The number of anilines is 1. The van der Waals surface area contributed by atoms with E-state index < -0.39 is 5.82 Å². The molecule has 0 aliphatic carbocycles. The summed E-state index contributed by atoms with van der Waals surface area (Å²) in [5, 5.41) is 0.997. The molecule has 0 saturated heterocycles. The van der Waals surface area contributed by atoms with Crippen LogP contribution in [0.3, 0.4) is 0 Å². The molecule has 2 aromatic rings. The molecule has 0 saturated carbocycles. The minimum atomic E-state index is -0.555. The average Bonchev–Trinajstić information content (AvgIpc) is 2.35. The van der Waals surface area contributed by atoms with E-state index in [4.69, 9.17) is 33.7 Å². The summed E-state index contributed by atoms with van der Waals surface area (Å²) in [5.74, 6) is -0.290. The molecular weight excluding hydrogens is 276 g/mol. The highest BCUT2D eigenvalue weighted by atomic mass is 35.5. The van der Waals surface area contributed by atoms with Crippen LogP contribution in [0.4, 0.5) is 10.1 Å². The number of nitrogens with two attached hydrogens (primary N) is 1. The standard InChI is InChI=1S/C13H10Cl2FNO/c1-18-12-5-7(4-11(16)13(12)17)9-6-8(14)2-3-10(9)15/h2-6H,17H2,1H3. The smallest absolute Gasteiger partial charge is 0.150 e. The lowest BCUT2D eigenvalue weighted by Gasteiger charge is -2.10. The maximum atomic E-state index is 13.7. The SMILES string of the molecule is COc1cc(-c2cc(Cl)ccc2Cl)cc(F)c1N. The van der Waals surface area contributed by atoms with Gasteiger partial charge in [-0.1, -0.05) is 23.2 Å². The van der Waals surface area contributed by atoms with E-state index >= 15 is 0 Å². The van der Waals surface area contributed by atoms with Gasteiger partial charge in [-0.15, -0.1) is 0 Å². The summed E-state index contributed by atoms with van der Waals surface area (Å²) in [6, 6.07) is 7.90. The highest BCUT2D eigenvalue weighted by Gasteiger charge is 2.12. The maximum Gasteiger partial charge on any atom is 0.150 e. The number of rotatable bonds is 2. The summed E-state index contributed by atoms with van der Waals surface area (Å²) in [7, 11) is 1.43. The van der Waals surface area contributed by atoms with Crippen LogP contribution in [0.25, 0.3) is 11.1 Å². The third kappa shape index (κ3) is 2.37. The summed E-state index contributed by atoms with van der Waals surface area (Å²) in [6.45, 7) is 0. The molecule has 0 amide bonds. The molecule has 5 heteroatoms. The van der Waals surface area contributed by atoms with Gasteiger partial charge in [-0.2, -0.15) is 0 Å². The number of nitrogen functional groups attached to an aromatic ring is 1. The van der Waals surface area contributed by atoms with Gasteiger partial charge in [0.1, 0.15) is 11.4 Å². The van der Waals surface area contributed by atoms with Crippen LogP contribution < -0.4 is 10.5 Å². The second kappa shape index (κ2) is 5.04. The Morgan fingerprint density at radius 2 is 1.89 bits per heavy atom. The molecule has 94 valence electrons. The normalized spacial score (nSPS) is 10.4. The second-order valence-electron chi connectivity index (χ2n) is 3.70. The van der Waals surface area contributed by atoms with Gasteiger partial charge >= 0.3 is 0 Å². The lowest BCUT2D eigenvalue weighted by atomic mass is 10.0. The molecular formula is C13H10Cl2FNO. The van der Waals surface area contributed by atoms with Crippen LogP contribution in [0.15, 0.2) is 30.3 Å². The van der Waals surface area contributed by atoms with Gasteiger partial charge in [0, 0.05) is 15.6 Å². The molecule has 2 nitrogen and oxygen atoms in total. The van der Waals surface area contributed by atoms with Crippen LogP contribution in [0.2, 0.25) is 10.0 Å². The van der Waals surface area contributed by atoms with Crippen molar-refractivity contribution in [1.29, 1.82) is 0 Å². The zero-order chi connectivity index (χ0) is 13.3. The van der Waals surface area contributed by atoms with Crippen molar-refractivity contribution in [3.05, 3.63) is 46.2 Å². The second-order valence-corrected chi connectivity index (χ2v) is 4.54. The Labute approximate surface area is 114 Å². The van der Waals surface area contributed by atoms with Gasteiger partial charge in [0.15, 0.2) is 5.82 Å². The fraction of sp³-hybridized carbons (Fsp3) is 0.0769. The Balaban J connectivity index is 2.64. The molecule has 0 bridgehead atoms. The minimum absolute atomic E-state index is 0.0283. The highest BCUT2D eigenvalue weighted by molar-refractivity contribution is 6.35. The van der Waals surface area contributed by atoms with Crippen molar-refractivity contribution >= 4 is 28.9 Å². The Morgan fingerprint density at radius 1 is 1.17 bits per heavy atom. The monoisotopic (exact) mass is 285 g/mol. The fourth-order valence-electron chi connectivity index (χ4n) is 1.64. The summed E-state index contributed by atoms with van der Waals surface area (Å²) >= 11 is 12.0. The third-order valence-corrected chi connectivity index (χ3v) is 3.12. The lowest BCUT2D eigenvalue weighted by molar-refractivity contribution is 0.414. The van der Waals surface area contributed by atoms with E-state index in [1.165, 1.54) is 13.2 Å². The first-order valence-electron chi connectivity index (χ1n) is 5.11. The number of hydrogen-bond donors (Lipinski definition) is 1. The molecule has 0 aliphatic rings. The number of halogens is 3. The van der Waals surface area contributed by atoms with Crippen molar-refractivity contribution in [2.75, 3.05) is 12.8 Å². The summed E-state index contributed by atoms with van der Waals surface area (Å²) < 4.78 is 18.7. The molecule has 0 spiro atoms. The van der Waals surface area contributed by atoms with Gasteiger partial charge in [-0.05, 0) is 35.9 Å². The molecule has 18 heavy (non-hydrogen) atoms. The van der Waals surface area contributed by atoms with Crippen LogP contribution in [0, 0.1) is 5.82 Å². The summed E-state index contributed by atoms with van der Waals surface area (Å²) in [6.07, 6.45) is 0. The van der Waals surface area contributed by atoms with Gasteiger partial charge in [0.25, 0.3) is 0 Å². The summed E-state index contributed by atoms with van der Waals surface area (Å²) in [4.78, 5) is 0. The topological polar surface area (TPSA) is 35.2 Å². The third-order valence-electron chi connectivity index (χ3n) is 2.55. The van der Waals surface area contributed by atoms with Crippen molar-refractivity contribution in [3.63, 3.8) is 0 Å². The molecule has 2 N–H and O–H groups in total. The van der Waals surface area contributed by atoms with E-state index in [9.17, 15) is 4.39 Å². The van der Waals surface area contributed by atoms with E-state index in [0.717, 1.165) is 0 Å². The van der Waals surface area contributed by atoms with Crippen molar-refractivity contribution in [1.82, 2.24) is 0 Å². The largest absolute Gasteiger partial charge is 0.494 e. The quantitative estimate of drug-likeness (QED) is 0.831. The fourth-order valence-corrected chi connectivity index (χ4v) is 2.03. The predicted molar refractivity (Wildman–Crippen MR) is 72.8 cm³/mol. The zero-order valence-corrected chi connectivity index (χ0v) is 11.0. The van der Waals surface area contributed by atoms with Crippen LogP contribution in [0.1, 0.15) is 0 Å². The van der Waals surface area contributed by atoms with Gasteiger partial charge in [0.05, 0.1) is 7.11 Å². The van der Waals surface area contributed by atoms with E-state index in [0.29, 0.717) is 21.2 Å². The molecule has 0 fully saturated rings. The Hall–Kier alpha value is -1.45. The van der Waals surface area contributed by atoms with E-state index in [1.807, 2.05) is 0 Å². The molecule has 0 aromatic heterocycles. The molecule has 0 radical (unpaired) electrons. The van der Waals surface area contributed by atoms with Gasteiger partial charge in [-0.3, -0.25) is 0 Å². The van der Waals surface area contributed by atoms with Gasteiger partial charge in [0.2, 0.25) is 0 Å². The first-order chi connectivity index (χ1) is 8.52. The van der Waals surface area contributed by atoms with Crippen LogP contribution >= 0.6 is 23.2 Å². The molecule has 2 aromatic carbocycles. The Bertz CT molecular complexity index is 602. The Morgan fingerprint density at radius 3 is 2.56 bits per heavy atom. The zero-order valence-electron chi connectivity index (χ0n) is 9.51. The molecule has 2 rings (SSSR count). The van der Waals surface area contributed by atoms with Crippen molar-refractivity contribution in [2.24, 2.45) is 0 Å². The van der Waals surface area contributed by atoms with E-state index in [2.05, 4.69) is 0 Å².